The fourth-order valence-corrected chi connectivity index (χ4v) is 4.70. The monoisotopic (exact) mass is 436 g/mol. The van der Waals surface area contributed by atoms with Crippen molar-refractivity contribution in [1.29, 1.82) is 0 Å². The van der Waals surface area contributed by atoms with Crippen LogP contribution < -0.4 is 10.1 Å². The summed E-state index contributed by atoms with van der Waals surface area (Å²) in [5.41, 5.74) is 2.13. The molecule has 6 heteroatoms. The number of alkyl halides is 3. The molecule has 0 unspecified atom stereocenters. The Morgan fingerprint density at radius 2 is 1.34 bits per heavy atom. The van der Waals surface area contributed by atoms with Crippen molar-refractivity contribution < 1.29 is 17.9 Å². The molecule has 1 fully saturated rings. The van der Waals surface area contributed by atoms with Crippen LogP contribution in [0.25, 0.3) is 21.5 Å². The minimum absolute atomic E-state index is 0.0898. The van der Waals surface area contributed by atoms with Crippen LogP contribution in [0.5, 0.6) is 5.75 Å². The van der Waals surface area contributed by atoms with Crippen LogP contribution >= 0.6 is 0 Å². The Morgan fingerprint density at radius 1 is 0.781 bits per heavy atom. The normalized spacial score (nSPS) is 16.3. The Labute approximate surface area is 184 Å². The number of benzene rings is 4. The topological polar surface area (TPSA) is 24.5 Å². The van der Waals surface area contributed by atoms with Crippen molar-refractivity contribution in [2.75, 3.05) is 26.2 Å². The van der Waals surface area contributed by atoms with Gasteiger partial charge in [-0.3, -0.25) is 4.90 Å². The maximum Gasteiger partial charge on any atom is 0.573 e. The number of halogens is 3. The number of fused-ring (bicyclic) bond motifs is 2. The lowest BCUT2D eigenvalue weighted by atomic mass is 9.87. The van der Waals surface area contributed by atoms with E-state index in [1.807, 2.05) is 24.3 Å². The van der Waals surface area contributed by atoms with Gasteiger partial charge in [0.15, 0.2) is 0 Å². The fraction of sp³-hybridized carbons (Fsp3) is 0.231. The van der Waals surface area contributed by atoms with Crippen LogP contribution in [0.4, 0.5) is 13.2 Å². The first-order valence-corrected chi connectivity index (χ1v) is 10.7. The van der Waals surface area contributed by atoms with Gasteiger partial charge < -0.3 is 10.1 Å². The standard InChI is InChI=1S/C26H23F3N2O/c27-26(28,29)32-21-11-9-18(10-12-21)25(31-15-13-30-14-16-31)24-22-7-3-1-5-19(22)17-20-6-2-4-8-23(20)24/h1-12,17,25,30H,13-16H2/t25-/m0/s1. The highest BCUT2D eigenvalue weighted by Gasteiger charge is 2.32. The van der Waals surface area contributed by atoms with Crippen molar-refractivity contribution in [3.05, 3.63) is 90.0 Å². The van der Waals surface area contributed by atoms with Crippen LogP contribution in [0, 0.1) is 0 Å². The molecule has 1 heterocycles. The molecule has 0 aliphatic carbocycles. The maximum absolute atomic E-state index is 12.7. The summed E-state index contributed by atoms with van der Waals surface area (Å²) in [5.74, 6) is -0.205. The van der Waals surface area contributed by atoms with Gasteiger partial charge in [-0.2, -0.15) is 0 Å². The Kier molecular flexibility index (Phi) is 5.49. The van der Waals surface area contributed by atoms with Gasteiger partial charge in [0.1, 0.15) is 5.75 Å². The highest BCUT2D eigenvalue weighted by molar-refractivity contribution is 6.03. The second-order valence-electron chi connectivity index (χ2n) is 8.04. The largest absolute Gasteiger partial charge is 0.573 e. The third kappa shape index (κ3) is 4.16. The molecular weight excluding hydrogens is 413 g/mol. The lowest BCUT2D eigenvalue weighted by Crippen LogP contribution is -2.45. The second kappa shape index (κ2) is 8.45. The van der Waals surface area contributed by atoms with Crippen molar-refractivity contribution >= 4 is 21.5 Å². The predicted octanol–water partition coefficient (Wildman–Crippen LogP) is 5.89. The number of hydrogen-bond acceptors (Lipinski definition) is 3. The average molecular weight is 436 g/mol. The van der Waals surface area contributed by atoms with E-state index in [1.165, 1.54) is 17.7 Å². The van der Waals surface area contributed by atoms with Crippen LogP contribution in [0.2, 0.25) is 0 Å². The van der Waals surface area contributed by atoms with Crippen LogP contribution in [-0.4, -0.2) is 37.4 Å². The minimum atomic E-state index is -4.70. The molecule has 1 aliphatic rings. The summed E-state index contributed by atoms with van der Waals surface area (Å²) in [6.45, 7) is 3.44. The summed E-state index contributed by atoms with van der Waals surface area (Å²) in [5, 5.41) is 8.01. The molecule has 0 amide bonds. The zero-order chi connectivity index (χ0) is 22.1. The molecule has 0 aromatic heterocycles. The first-order valence-electron chi connectivity index (χ1n) is 10.7. The van der Waals surface area contributed by atoms with Crippen LogP contribution in [0.1, 0.15) is 17.2 Å². The van der Waals surface area contributed by atoms with E-state index >= 15 is 0 Å². The molecule has 4 aromatic rings. The molecule has 1 saturated heterocycles. The Morgan fingerprint density at radius 3 is 1.91 bits per heavy atom. The van der Waals surface area contributed by atoms with Gasteiger partial charge in [-0.1, -0.05) is 60.7 Å². The summed E-state index contributed by atoms with van der Waals surface area (Å²) in [7, 11) is 0. The number of rotatable bonds is 4. The Bertz CT molecular complexity index is 1180. The zero-order valence-electron chi connectivity index (χ0n) is 17.4. The lowest BCUT2D eigenvalue weighted by molar-refractivity contribution is -0.274. The smallest absolute Gasteiger partial charge is 0.406 e. The average Bonchev–Trinajstić information content (AvgIpc) is 2.79. The quantitative estimate of drug-likeness (QED) is 0.404. The maximum atomic E-state index is 12.7. The molecule has 164 valence electrons. The molecule has 0 saturated carbocycles. The first kappa shape index (κ1) is 20.8. The summed E-state index contributed by atoms with van der Waals surface area (Å²) >= 11 is 0. The zero-order valence-corrected chi connectivity index (χ0v) is 17.4. The van der Waals surface area contributed by atoms with Crippen LogP contribution in [0.3, 0.4) is 0 Å². The first-order chi connectivity index (χ1) is 15.5. The summed E-state index contributed by atoms with van der Waals surface area (Å²) in [4.78, 5) is 2.41. The van der Waals surface area contributed by atoms with Gasteiger partial charge in [-0.15, -0.1) is 13.2 Å². The summed E-state index contributed by atoms with van der Waals surface area (Å²) < 4.78 is 42.1. The summed E-state index contributed by atoms with van der Waals surface area (Å²) in [6.07, 6.45) is -4.70. The van der Waals surface area contributed by atoms with Crippen molar-refractivity contribution in [2.24, 2.45) is 0 Å². The fourth-order valence-electron chi connectivity index (χ4n) is 4.70. The molecule has 4 aromatic carbocycles. The van der Waals surface area contributed by atoms with E-state index in [2.05, 4.69) is 45.3 Å². The van der Waals surface area contributed by atoms with E-state index in [0.717, 1.165) is 53.3 Å². The third-order valence-corrected chi connectivity index (χ3v) is 6.03. The van der Waals surface area contributed by atoms with E-state index in [-0.39, 0.29) is 11.8 Å². The predicted molar refractivity (Wildman–Crippen MR) is 121 cm³/mol. The molecule has 1 aliphatic heterocycles. The number of piperazine rings is 1. The van der Waals surface area contributed by atoms with Crippen LogP contribution in [0.15, 0.2) is 78.9 Å². The number of nitrogens with zero attached hydrogens (tertiary/aromatic N) is 1. The van der Waals surface area contributed by atoms with Gasteiger partial charge in [0.25, 0.3) is 0 Å². The van der Waals surface area contributed by atoms with Gasteiger partial charge >= 0.3 is 6.36 Å². The molecule has 0 radical (unpaired) electrons. The SMILES string of the molecule is FC(F)(F)Oc1ccc([C@@H](c2c3ccccc3cc3ccccc23)N2CCNCC2)cc1. The third-order valence-electron chi connectivity index (χ3n) is 6.03. The molecule has 0 spiro atoms. The Balaban J connectivity index is 1.70. The highest BCUT2D eigenvalue weighted by Crippen LogP contribution is 2.39. The molecular formula is C26H23F3N2O. The van der Waals surface area contributed by atoms with Crippen molar-refractivity contribution in [2.45, 2.75) is 12.4 Å². The van der Waals surface area contributed by atoms with Gasteiger partial charge in [-0.25, -0.2) is 0 Å². The summed E-state index contributed by atoms with van der Waals surface area (Å²) in [6, 6.07) is 25.1. The van der Waals surface area contributed by atoms with Crippen molar-refractivity contribution in [3.8, 4) is 5.75 Å². The molecule has 1 N–H and O–H groups in total. The number of nitrogens with one attached hydrogen (secondary N) is 1. The highest BCUT2D eigenvalue weighted by atomic mass is 19.4. The number of ether oxygens (including phenoxy) is 1. The molecule has 32 heavy (non-hydrogen) atoms. The van der Waals surface area contributed by atoms with E-state index in [4.69, 9.17) is 0 Å². The van der Waals surface area contributed by atoms with Gasteiger partial charge in [-0.05, 0) is 50.9 Å². The van der Waals surface area contributed by atoms with E-state index < -0.39 is 6.36 Å². The van der Waals surface area contributed by atoms with Crippen LogP contribution in [-0.2, 0) is 0 Å². The van der Waals surface area contributed by atoms with Crippen molar-refractivity contribution in [1.82, 2.24) is 10.2 Å². The van der Waals surface area contributed by atoms with Crippen molar-refractivity contribution in [3.63, 3.8) is 0 Å². The van der Waals surface area contributed by atoms with E-state index in [9.17, 15) is 13.2 Å². The molecule has 5 rings (SSSR count). The van der Waals surface area contributed by atoms with E-state index in [1.54, 1.807) is 12.1 Å². The van der Waals surface area contributed by atoms with Gasteiger partial charge in [0.2, 0.25) is 0 Å². The molecule has 0 bridgehead atoms. The van der Waals surface area contributed by atoms with Gasteiger partial charge in [0, 0.05) is 26.2 Å². The van der Waals surface area contributed by atoms with Gasteiger partial charge in [0.05, 0.1) is 6.04 Å². The molecule has 3 nitrogen and oxygen atoms in total. The molecule has 1 atom stereocenters. The lowest BCUT2D eigenvalue weighted by Gasteiger charge is -2.37. The Hall–Kier alpha value is -3.09. The minimum Gasteiger partial charge on any atom is -0.406 e. The van der Waals surface area contributed by atoms with E-state index in [0.29, 0.717) is 0 Å². The second-order valence-corrected chi connectivity index (χ2v) is 8.04. The number of hydrogen-bond donors (Lipinski definition) is 1.